The molecule has 2 atom stereocenters. The molecule has 5 nitrogen and oxygen atoms in total. The number of likely N-dealkylation sites (tertiary alicyclic amines) is 1. The van der Waals surface area contributed by atoms with Gasteiger partial charge >= 0.3 is 0 Å². The van der Waals surface area contributed by atoms with Crippen molar-refractivity contribution in [2.45, 2.75) is 45.1 Å². The van der Waals surface area contributed by atoms with Crippen LogP contribution >= 0.6 is 0 Å². The zero-order chi connectivity index (χ0) is 17.6. The third kappa shape index (κ3) is 4.28. The lowest BCUT2D eigenvalue weighted by Crippen LogP contribution is -2.49. The molecule has 5 heteroatoms. The van der Waals surface area contributed by atoms with Gasteiger partial charge in [-0.05, 0) is 25.2 Å². The number of carbonyl (C=O) groups is 1. The number of aryl methyl sites for hydroxylation is 1. The third-order valence-electron chi connectivity index (χ3n) is 5.02. The Bertz CT molecular complexity index is 683. The summed E-state index contributed by atoms with van der Waals surface area (Å²) in [6.07, 6.45) is 5.65. The fraction of sp³-hybridized carbons (Fsp3) is 0.500. The second-order valence-electron chi connectivity index (χ2n) is 6.79. The highest BCUT2D eigenvalue weighted by Crippen LogP contribution is 2.24. The van der Waals surface area contributed by atoms with Crippen LogP contribution in [0.5, 0.6) is 0 Å². The van der Waals surface area contributed by atoms with Gasteiger partial charge in [-0.2, -0.15) is 0 Å². The lowest BCUT2D eigenvalue weighted by Gasteiger charge is -2.39. The van der Waals surface area contributed by atoms with Crippen LogP contribution < -0.4 is 0 Å². The van der Waals surface area contributed by atoms with E-state index < -0.39 is 0 Å². The molecule has 0 radical (unpaired) electrons. The smallest absolute Gasteiger partial charge is 0.222 e. The standard InChI is InChI=1S/C20H26N2O3/c1-15-7-6-12-22(17(15)14-23)20(24)11-5-10-19-21-13-18(25-19)16-8-3-2-4-9-16/h2-4,8-9,13,15,17,23H,5-7,10-12,14H2,1H3. The maximum absolute atomic E-state index is 12.5. The van der Waals surface area contributed by atoms with Gasteiger partial charge in [0.1, 0.15) is 0 Å². The van der Waals surface area contributed by atoms with Crippen LogP contribution in [0.2, 0.25) is 0 Å². The molecule has 0 saturated carbocycles. The number of benzene rings is 1. The molecule has 1 aromatic carbocycles. The number of oxazole rings is 1. The van der Waals surface area contributed by atoms with Gasteiger partial charge in [0.25, 0.3) is 0 Å². The molecule has 1 aliphatic heterocycles. The summed E-state index contributed by atoms with van der Waals surface area (Å²) in [5.41, 5.74) is 1.01. The van der Waals surface area contributed by atoms with Gasteiger partial charge in [0.15, 0.2) is 11.7 Å². The molecule has 0 spiro atoms. The fourth-order valence-corrected chi connectivity index (χ4v) is 3.53. The molecule has 1 aliphatic rings. The second kappa shape index (κ2) is 8.30. The summed E-state index contributed by atoms with van der Waals surface area (Å²) in [6.45, 7) is 2.91. The molecular formula is C20H26N2O3. The van der Waals surface area contributed by atoms with Crippen molar-refractivity contribution in [3.8, 4) is 11.3 Å². The van der Waals surface area contributed by atoms with Crippen LogP contribution in [0, 0.1) is 5.92 Å². The molecule has 1 aromatic heterocycles. The molecule has 0 bridgehead atoms. The first-order chi connectivity index (χ1) is 12.2. The molecule has 1 fully saturated rings. The van der Waals surface area contributed by atoms with Crippen LogP contribution in [0.25, 0.3) is 11.3 Å². The largest absolute Gasteiger partial charge is 0.441 e. The average molecular weight is 342 g/mol. The van der Waals surface area contributed by atoms with E-state index in [-0.39, 0.29) is 18.6 Å². The van der Waals surface area contributed by atoms with E-state index in [1.807, 2.05) is 35.2 Å². The van der Waals surface area contributed by atoms with Crippen molar-refractivity contribution < 1.29 is 14.3 Å². The van der Waals surface area contributed by atoms with Crippen molar-refractivity contribution in [3.63, 3.8) is 0 Å². The Morgan fingerprint density at radius 2 is 2.16 bits per heavy atom. The monoisotopic (exact) mass is 342 g/mol. The molecular weight excluding hydrogens is 316 g/mol. The van der Waals surface area contributed by atoms with Gasteiger partial charge < -0.3 is 14.4 Å². The van der Waals surface area contributed by atoms with Gasteiger partial charge in [-0.25, -0.2) is 4.98 Å². The van der Waals surface area contributed by atoms with E-state index in [4.69, 9.17) is 4.42 Å². The second-order valence-corrected chi connectivity index (χ2v) is 6.79. The predicted octanol–water partition coefficient (Wildman–Crippen LogP) is 3.28. The normalized spacial score (nSPS) is 20.6. The summed E-state index contributed by atoms with van der Waals surface area (Å²) < 4.78 is 5.78. The highest BCUT2D eigenvalue weighted by Gasteiger charge is 2.30. The maximum atomic E-state index is 12.5. The molecule has 1 N–H and O–H groups in total. The number of carbonyl (C=O) groups excluding carboxylic acids is 1. The molecule has 0 aliphatic carbocycles. The van der Waals surface area contributed by atoms with E-state index in [2.05, 4.69) is 11.9 Å². The summed E-state index contributed by atoms with van der Waals surface area (Å²) in [5, 5.41) is 9.58. The van der Waals surface area contributed by atoms with Gasteiger partial charge in [0.2, 0.25) is 5.91 Å². The zero-order valence-electron chi connectivity index (χ0n) is 14.7. The number of nitrogens with zero attached hydrogens (tertiary/aromatic N) is 2. The SMILES string of the molecule is CC1CCCN(C(=O)CCCc2ncc(-c3ccccc3)o2)C1CO. The van der Waals surface area contributed by atoms with Crippen molar-refractivity contribution in [2.24, 2.45) is 5.92 Å². The van der Waals surface area contributed by atoms with Crippen LogP contribution in [0.15, 0.2) is 40.9 Å². The summed E-state index contributed by atoms with van der Waals surface area (Å²) in [7, 11) is 0. The highest BCUT2D eigenvalue weighted by molar-refractivity contribution is 5.76. The number of piperidine rings is 1. The third-order valence-corrected chi connectivity index (χ3v) is 5.02. The number of aliphatic hydroxyl groups is 1. The Morgan fingerprint density at radius 3 is 2.92 bits per heavy atom. The Hall–Kier alpha value is -2.14. The quantitative estimate of drug-likeness (QED) is 0.875. The van der Waals surface area contributed by atoms with Crippen LogP contribution in [0.4, 0.5) is 0 Å². The first-order valence-electron chi connectivity index (χ1n) is 9.09. The van der Waals surface area contributed by atoms with Gasteiger partial charge in [-0.1, -0.05) is 37.3 Å². The Labute approximate surface area is 148 Å². The molecule has 1 saturated heterocycles. The fourth-order valence-electron chi connectivity index (χ4n) is 3.53. The van der Waals surface area contributed by atoms with Crippen molar-refractivity contribution >= 4 is 5.91 Å². The Morgan fingerprint density at radius 1 is 1.36 bits per heavy atom. The van der Waals surface area contributed by atoms with E-state index in [9.17, 15) is 9.90 Å². The molecule has 25 heavy (non-hydrogen) atoms. The van der Waals surface area contributed by atoms with Gasteiger partial charge in [-0.3, -0.25) is 4.79 Å². The number of aromatic nitrogens is 1. The lowest BCUT2D eigenvalue weighted by atomic mass is 9.91. The van der Waals surface area contributed by atoms with Crippen molar-refractivity contribution in [3.05, 3.63) is 42.4 Å². The van der Waals surface area contributed by atoms with E-state index in [0.717, 1.165) is 30.7 Å². The van der Waals surface area contributed by atoms with E-state index in [1.165, 1.54) is 0 Å². The molecule has 2 unspecified atom stereocenters. The minimum atomic E-state index is -0.0346. The number of hydrogen-bond donors (Lipinski definition) is 1. The van der Waals surface area contributed by atoms with Crippen molar-refractivity contribution in [1.29, 1.82) is 0 Å². The summed E-state index contributed by atoms with van der Waals surface area (Å²) in [4.78, 5) is 18.7. The van der Waals surface area contributed by atoms with E-state index in [0.29, 0.717) is 31.1 Å². The van der Waals surface area contributed by atoms with E-state index >= 15 is 0 Å². The van der Waals surface area contributed by atoms with Crippen LogP contribution in [0.1, 0.15) is 38.5 Å². The topological polar surface area (TPSA) is 66.6 Å². The van der Waals surface area contributed by atoms with Crippen LogP contribution in [0.3, 0.4) is 0 Å². The minimum Gasteiger partial charge on any atom is -0.441 e. The minimum absolute atomic E-state index is 0.0346. The van der Waals surface area contributed by atoms with Crippen LogP contribution in [-0.4, -0.2) is 40.1 Å². The lowest BCUT2D eigenvalue weighted by molar-refractivity contribution is -0.137. The molecule has 2 heterocycles. The summed E-state index contributed by atoms with van der Waals surface area (Å²) in [6, 6.07) is 9.84. The number of aliphatic hydroxyl groups excluding tert-OH is 1. The predicted molar refractivity (Wildman–Crippen MR) is 95.9 cm³/mol. The van der Waals surface area contributed by atoms with Crippen molar-refractivity contribution in [1.82, 2.24) is 9.88 Å². The first kappa shape index (κ1) is 17.7. The zero-order valence-corrected chi connectivity index (χ0v) is 14.7. The van der Waals surface area contributed by atoms with Gasteiger partial charge in [-0.15, -0.1) is 0 Å². The Balaban J connectivity index is 1.51. The number of amides is 1. The maximum Gasteiger partial charge on any atom is 0.222 e. The molecule has 1 amide bonds. The molecule has 3 rings (SSSR count). The molecule has 2 aromatic rings. The van der Waals surface area contributed by atoms with Crippen molar-refractivity contribution in [2.75, 3.05) is 13.2 Å². The highest BCUT2D eigenvalue weighted by atomic mass is 16.4. The first-order valence-corrected chi connectivity index (χ1v) is 9.09. The summed E-state index contributed by atoms with van der Waals surface area (Å²) in [5.74, 6) is 1.91. The van der Waals surface area contributed by atoms with Gasteiger partial charge in [0.05, 0.1) is 18.8 Å². The van der Waals surface area contributed by atoms with E-state index in [1.54, 1.807) is 6.20 Å². The molecule has 134 valence electrons. The van der Waals surface area contributed by atoms with Crippen LogP contribution in [-0.2, 0) is 11.2 Å². The average Bonchev–Trinajstić information content (AvgIpc) is 3.11. The number of rotatable bonds is 6. The summed E-state index contributed by atoms with van der Waals surface area (Å²) >= 11 is 0. The Kier molecular flexibility index (Phi) is 5.87. The number of hydrogen-bond acceptors (Lipinski definition) is 4. The van der Waals surface area contributed by atoms with Gasteiger partial charge in [0, 0.05) is 24.9 Å².